The van der Waals surface area contributed by atoms with E-state index in [0.717, 1.165) is 27.8 Å². The van der Waals surface area contributed by atoms with Gasteiger partial charge in [0, 0.05) is 24.1 Å². The Balaban J connectivity index is 1.31. The van der Waals surface area contributed by atoms with Crippen LogP contribution in [-0.4, -0.2) is 23.7 Å². The van der Waals surface area contributed by atoms with Crippen molar-refractivity contribution in [3.63, 3.8) is 0 Å². The van der Waals surface area contributed by atoms with Crippen LogP contribution in [0.15, 0.2) is 60.7 Å². The van der Waals surface area contributed by atoms with Crippen molar-refractivity contribution >= 4 is 23.4 Å². The highest BCUT2D eigenvalue weighted by atomic mass is 16.5. The minimum Gasteiger partial charge on any atom is -0.506 e. The summed E-state index contributed by atoms with van der Waals surface area (Å²) in [6, 6.07) is 19.4. The van der Waals surface area contributed by atoms with Crippen molar-refractivity contribution in [3.8, 4) is 16.9 Å². The fraction of sp³-hybridized carbons (Fsp3) is 0.167. The van der Waals surface area contributed by atoms with Crippen LogP contribution in [0.25, 0.3) is 11.1 Å². The maximum atomic E-state index is 12.5. The highest BCUT2D eigenvalue weighted by molar-refractivity contribution is 5.96. The Labute approximate surface area is 173 Å². The van der Waals surface area contributed by atoms with E-state index in [2.05, 4.69) is 34.9 Å². The van der Waals surface area contributed by atoms with Crippen molar-refractivity contribution in [2.24, 2.45) is 0 Å². The van der Waals surface area contributed by atoms with Gasteiger partial charge in [-0.25, -0.2) is 4.79 Å². The molecule has 0 aromatic heterocycles. The molecule has 150 valence electrons. The summed E-state index contributed by atoms with van der Waals surface area (Å²) in [4.78, 5) is 24.0. The molecule has 0 spiro atoms. The number of amides is 2. The van der Waals surface area contributed by atoms with E-state index in [0.29, 0.717) is 18.5 Å². The third kappa shape index (κ3) is 3.16. The lowest BCUT2D eigenvalue weighted by Crippen LogP contribution is -2.20. The molecule has 0 radical (unpaired) electrons. The minimum atomic E-state index is -0.632. The quantitative estimate of drug-likeness (QED) is 0.559. The smallest absolute Gasteiger partial charge is 0.411 e. The molecule has 2 amide bonds. The van der Waals surface area contributed by atoms with E-state index in [-0.39, 0.29) is 29.9 Å². The van der Waals surface area contributed by atoms with Gasteiger partial charge < -0.3 is 15.2 Å². The van der Waals surface area contributed by atoms with E-state index in [4.69, 9.17) is 4.74 Å². The number of hydrogen-bond acceptors (Lipinski definition) is 4. The molecule has 0 fully saturated rings. The molecular formula is C24H20N2O4. The number of phenolic OH excluding ortho intramolecular Hbond substituents is 1. The summed E-state index contributed by atoms with van der Waals surface area (Å²) >= 11 is 0. The van der Waals surface area contributed by atoms with Crippen LogP contribution in [0.5, 0.6) is 5.75 Å². The number of hydrogen-bond donors (Lipinski definition) is 3. The molecule has 6 nitrogen and oxygen atoms in total. The first-order valence-electron chi connectivity index (χ1n) is 9.88. The topological polar surface area (TPSA) is 87.7 Å². The number of carbonyl (C=O) groups excluding carboxylic acids is 2. The Morgan fingerprint density at radius 3 is 2.40 bits per heavy atom. The molecule has 1 aliphatic heterocycles. The highest BCUT2D eigenvalue weighted by Crippen LogP contribution is 2.44. The predicted molar refractivity (Wildman–Crippen MR) is 114 cm³/mol. The van der Waals surface area contributed by atoms with Gasteiger partial charge >= 0.3 is 6.09 Å². The van der Waals surface area contributed by atoms with Gasteiger partial charge in [0.05, 0.1) is 5.69 Å². The monoisotopic (exact) mass is 400 g/mol. The zero-order chi connectivity index (χ0) is 20.7. The van der Waals surface area contributed by atoms with E-state index < -0.39 is 6.09 Å². The van der Waals surface area contributed by atoms with Gasteiger partial charge in [-0.15, -0.1) is 0 Å². The lowest BCUT2D eigenvalue weighted by molar-refractivity contribution is -0.116. The number of aromatic hydroxyl groups is 1. The van der Waals surface area contributed by atoms with Crippen molar-refractivity contribution < 1.29 is 19.4 Å². The molecular weight excluding hydrogens is 380 g/mol. The van der Waals surface area contributed by atoms with Gasteiger partial charge in [0.15, 0.2) is 0 Å². The second kappa shape index (κ2) is 7.22. The molecule has 0 saturated carbocycles. The predicted octanol–water partition coefficient (Wildman–Crippen LogP) is 4.64. The average Bonchev–Trinajstić information content (AvgIpc) is 3.07. The summed E-state index contributed by atoms with van der Waals surface area (Å²) in [6.45, 7) is 0.196. The third-order valence-electron chi connectivity index (χ3n) is 5.70. The van der Waals surface area contributed by atoms with Crippen molar-refractivity contribution in [2.45, 2.75) is 18.8 Å². The SMILES string of the molecule is O=C1CCc2cc(NC(=O)OCC3c4ccccc4-c4ccccc43)c(O)cc2N1. The molecule has 3 aromatic carbocycles. The van der Waals surface area contributed by atoms with Crippen molar-refractivity contribution in [1.29, 1.82) is 0 Å². The molecule has 6 heteroatoms. The Kier molecular flexibility index (Phi) is 4.39. The zero-order valence-corrected chi connectivity index (χ0v) is 16.1. The first-order chi connectivity index (χ1) is 14.6. The van der Waals surface area contributed by atoms with Gasteiger partial charge in [0.2, 0.25) is 5.91 Å². The first-order valence-corrected chi connectivity index (χ1v) is 9.88. The minimum absolute atomic E-state index is 0.0320. The van der Waals surface area contributed by atoms with Gasteiger partial charge in [-0.1, -0.05) is 48.5 Å². The Morgan fingerprint density at radius 2 is 1.70 bits per heavy atom. The van der Waals surface area contributed by atoms with Gasteiger partial charge in [0.25, 0.3) is 0 Å². The molecule has 0 saturated heterocycles. The van der Waals surface area contributed by atoms with Crippen LogP contribution < -0.4 is 10.6 Å². The van der Waals surface area contributed by atoms with Crippen molar-refractivity contribution in [1.82, 2.24) is 0 Å². The van der Waals surface area contributed by atoms with E-state index in [1.165, 1.54) is 6.07 Å². The van der Waals surface area contributed by atoms with E-state index in [1.54, 1.807) is 6.07 Å². The largest absolute Gasteiger partial charge is 0.506 e. The lowest BCUT2D eigenvalue weighted by Gasteiger charge is -2.19. The summed E-state index contributed by atoms with van der Waals surface area (Å²) < 4.78 is 5.53. The van der Waals surface area contributed by atoms with Crippen molar-refractivity contribution in [3.05, 3.63) is 77.4 Å². The number of carbonyl (C=O) groups is 2. The Bertz CT molecular complexity index is 1130. The number of phenols is 1. The summed E-state index contributed by atoms with van der Waals surface area (Å²) in [7, 11) is 0. The van der Waals surface area contributed by atoms with Crippen LogP contribution in [0.3, 0.4) is 0 Å². The number of ether oxygens (including phenoxy) is 1. The van der Waals surface area contributed by atoms with E-state index in [9.17, 15) is 14.7 Å². The average molecular weight is 400 g/mol. The molecule has 30 heavy (non-hydrogen) atoms. The number of aryl methyl sites for hydroxylation is 1. The van der Waals surface area contributed by atoms with E-state index in [1.807, 2.05) is 24.3 Å². The molecule has 1 heterocycles. The van der Waals surface area contributed by atoms with Crippen LogP contribution in [0.4, 0.5) is 16.2 Å². The summed E-state index contributed by atoms with van der Waals surface area (Å²) in [5.41, 5.74) is 6.30. The standard InChI is InChI=1S/C24H20N2O4/c27-22-12-20-14(9-10-23(28)25-20)11-21(22)26-24(29)30-13-19-17-7-3-1-5-15(17)16-6-2-4-8-18(16)19/h1-8,11-12,19,27H,9-10,13H2,(H,25,28)(H,26,29). The Hall–Kier alpha value is -3.80. The summed E-state index contributed by atoms with van der Waals surface area (Å²) in [5.74, 6) is -0.237. The molecule has 0 bridgehead atoms. The second-order valence-corrected chi connectivity index (χ2v) is 7.53. The second-order valence-electron chi connectivity index (χ2n) is 7.53. The lowest BCUT2D eigenvalue weighted by atomic mass is 9.98. The number of benzene rings is 3. The number of rotatable bonds is 3. The van der Waals surface area contributed by atoms with Crippen molar-refractivity contribution in [2.75, 3.05) is 17.2 Å². The maximum absolute atomic E-state index is 12.5. The van der Waals surface area contributed by atoms with Gasteiger partial charge in [-0.3, -0.25) is 10.1 Å². The fourth-order valence-electron chi connectivity index (χ4n) is 4.26. The molecule has 1 aliphatic carbocycles. The first kappa shape index (κ1) is 18.2. The normalized spacial score (nSPS) is 14.3. The molecule has 5 rings (SSSR count). The maximum Gasteiger partial charge on any atom is 0.411 e. The molecule has 3 aromatic rings. The van der Waals surface area contributed by atoms with Crippen LogP contribution in [-0.2, 0) is 16.0 Å². The van der Waals surface area contributed by atoms with Crippen LogP contribution in [0, 0.1) is 0 Å². The van der Waals surface area contributed by atoms with Gasteiger partial charge in [0.1, 0.15) is 12.4 Å². The van der Waals surface area contributed by atoms with Crippen LogP contribution in [0.1, 0.15) is 29.0 Å². The summed E-state index contributed by atoms with van der Waals surface area (Å²) in [6.07, 6.45) is 0.301. The van der Waals surface area contributed by atoms with E-state index >= 15 is 0 Å². The third-order valence-corrected chi connectivity index (χ3v) is 5.70. The highest BCUT2D eigenvalue weighted by Gasteiger charge is 2.29. The number of fused-ring (bicyclic) bond motifs is 4. The number of nitrogens with one attached hydrogen (secondary N) is 2. The Morgan fingerprint density at radius 1 is 1.03 bits per heavy atom. The van der Waals surface area contributed by atoms with Crippen LogP contribution in [0.2, 0.25) is 0 Å². The van der Waals surface area contributed by atoms with Gasteiger partial charge in [-0.2, -0.15) is 0 Å². The van der Waals surface area contributed by atoms with Gasteiger partial charge in [-0.05, 0) is 40.3 Å². The molecule has 3 N–H and O–H groups in total. The molecule has 2 aliphatic rings. The fourth-order valence-corrected chi connectivity index (χ4v) is 4.26. The summed E-state index contributed by atoms with van der Waals surface area (Å²) in [5, 5.41) is 15.6. The molecule has 0 atom stereocenters. The van der Waals surface area contributed by atoms with Crippen LogP contribution >= 0.6 is 0 Å². The molecule has 0 unspecified atom stereocenters. The number of anilines is 2. The zero-order valence-electron chi connectivity index (χ0n) is 16.1.